The minimum atomic E-state index is -0.416. The molecule has 194 valence electrons. The number of hydrogen-bond acceptors (Lipinski definition) is 5. The fourth-order valence-electron chi connectivity index (χ4n) is 3.56. The molecule has 0 saturated carbocycles. The highest BCUT2D eigenvalue weighted by Gasteiger charge is 2.14. The van der Waals surface area contributed by atoms with Crippen LogP contribution in [0.5, 0.6) is 0 Å². The van der Waals surface area contributed by atoms with Crippen LogP contribution in [-0.4, -0.2) is 25.2 Å². The first-order chi connectivity index (χ1) is 17.9. The molecule has 0 aliphatic carbocycles. The number of nitrogens with zero attached hydrogens (tertiary/aromatic N) is 1. The topological polar surface area (TPSA) is 55.8 Å². The van der Waals surface area contributed by atoms with Crippen LogP contribution < -0.4 is 4.90 Å². The highest BCUT2D eigenvalue weighted by Crippen LogP contribution is 2.32. The number of anilines is 2. The summed E-state index contributed by atoms with van der Waals surface area (Å²) < 4.78 is 10.1. The smallest absolute Gasteiger partial charge is 0.330 e. The van der Waals surface area contributed by atoms with Gasteiger partial charge < -0.3 is 14.4 Å². The second-order valence-corrected chi connectivity index (χ2v) is 8.43. The van der Waals surface area contributed by atoms with Gasteiger partial charge in [-0.15, -0.1) is 0 Å². The molecule has 5 heteroatoms. The summed E-state index contributed by atoms with van der Waals surface area (Å²) in [6, 6.07) is 14.9. The van der Waals surface area contributed by atoms with E-state index in [1.165, 1.54) is 22.8 Å². The van der Waals surface area contributed by atoms with Crippen LogP contribution in [0.25, 0.3) is 0 Å². The molecule has 0 aliphatic heterocycles. The Hall–Kier alpha value is -4.12. The predicted molar refractivity (Wildman–Crippen MR) is 152 cm³/mol. The summed E-state index contributed by atoms with van der Waals surface area (Å²) >= 11 is 0. The van der Waals surface area contributed by atoms with Gasteiger partial charge in [0, 0.05) is 29.2 Å². The number of ether oxygens (including phenoxy) is 2. The molecule has 0 spiro atoms. The van der Waals surface area contributed by atoms with E-state index < -0.39 is 11.9 Å². The van der Waals surface area contributed by atoms with Crippen molar-refractivity contribution in [2.24, 2.45) is 0 Å². The van der Waals surface area contributed by atoms with Gasteiger partial charge in [0.15, 0.2) is 0 Å². The van der Waals surface area contributed by atoms with Crippen LogP contribution in [0.15, 0.2) is 104 Å². The Morgan fingerprint density at radius 2 is 1.54 bits per heavy atom. The number of hydrogen-bond donors (Lipinski definition) is 0. The summed E-state index contributed by atoms with van der Waals surface area (Å²) in [6.45, 7) is 13.7. The molecule has 0 N–H and O–H groups in total. The Bertz CT molecular complexity index is 1160. The van der Waals surface area contributed by atoms with Gasteiger partial charge in [0.2, 0.25) is 0 Å². The van der Waals surface area contributed by atoms with Crippen molar-refractivity contribution >= 4 is 23.3 Å². The SMILES string of the molecule is C=CC(=O)OCCC=C/C=C(\C=C/C)N(c1ccc(CCCOC(=O)C=C)cc1)c1ccc(C)c(C)c1. The first-order valence-corrected chi connectivity index (χ1v) is 12.4. The largest absolute Gasteiger partial charge is 0.463 e. The van der Waals surface area contributed by atoms with E-state index in [4.69, 9.17) is 9.47 Å². The minimum absolute atomic E-state index is 0.309. The highest BCUT2D eigenvalue weighted by molar-refractivity contribution is 5.81. The average Bonchev–Trinajstić information content (AvgIpc) is 2.91. The maximum Gasteiger partial charge on any atom is 0.330 e. The summed E-state index contributed by atoms with van der Waals surface area (Å²) in [5.41, 5.74) is 6.71. The van der Waals surface area contributed by atoms with Gasteiger partial charge in [-0.1, -0.05) is 49.6 Å². The third-order valence-electron chi connectivity index (χ3n) is 5.66. The monoisotopic (exact) mass is 499 g/mol. The molecule has 0 fully saturated rings. The Labute approximate surface area is 221 Å². The van der Waals surface area contributed by atoms with Crippen molar-refractivity contribution in [2.75, 3.05) is 18.1 Å². The lowest BCUT2D eigenvalue weighted by molar-refractivity contribution is -0.138. The molecule has 0 bridgehead atoms. The van der Waals surface area contributed by atoms with Gasteiger partial charge >= 0.3 is 11.9 Å². The number of benzene rings is 2. The van der Waals surface area contributed by atoms with Gasteiger partial charge in [0.05, 0.1) is 13.2 Å². The van der Waals surface area contributed by atoms with Gasteiger partial charge in [-0.2, -0.15) is 0 Å². The number of esters is 2. The van der Waals surface area contributed by atoms with Gasteiger partial charge in [-0.25, -0.2) is 9.59 Å². The molecule has 0 amide bonds. The van der Waals surface area contributed by atoms with E-state index in [1.54, 1.807) is 0 Å². The molecule has 0 heterocycles. The Morgan fingerprint density at radius 3 is 2.16 bits per heavy atom. The lowest BCUT2D eigenvalue weighted by Gasteiger charge is -2.27. The molecule has 0 aromatic heterocycles. The van der Waals surface area contributed by atoms with Crippen LogP contribution in [0.2, 0.25) is 0 Å². The van der Waals surface area contributed by atoms with Crippen LogP contribution in [0.3, 0.4) is 0 Å². The maximum absolute atomic E-state index is 11.2. The zero-order valence-electron chi connectivity index (χ0n) is 22.1. The second-order valence-electron chi connectivity index (χ2n) is 8.43. The molecule has 0 unspecified atom stereocenters. The van der Waals surface area contributed by atoms with Crippen LogP contribution in [0.4, 0.5) is 11.4 Å². The highest BCUT2D eigenvalue weighted by atomic mass is 16.5. The van der Waals surface area contributed by atoms with Crippen LogP contribution in [-0.2, 0) is 25.5 Å². The fourth-order valence-corrected chi connectivity index (χ4v) is 3.56. The zero-order valence-corrected chi connectivity index (χ0v) is 22.1. The number of carbonyl (C=O) groups excluding carboxylic acids is 2. The predicted octanol–water partition coefficient (Wildman–Crippen LogP) is 7.24. The molecule has 2 aromatic carbocycles. The number of rotatable bonds is 14. The van der Waals surface area contributed by atoms with E-state index in [-0.39, 0.29) is 0 Å². The van der Waals surface area contributed by atoms with Crippen molar-refractivity contribution in [1.82, 2.24) is 0 Å². The lowest BCUT2D eigenvalue weighted by Crippen LogP contribution is -2.15. The average molecular weight is 500 g/mol. The number of aryl methyl sites for hydroxylation is 3. The maximum atomic E-state index is 11.2. The number of allylic oxidation sites excluding steroid dienone is 4. The van der Waals surface area contributed by atoms with E-state index in [1.807, 2.05) is 31.2 Å². The van der Waals surface area contributed by atoms with E-state index in [9.17, 15) is 9.59 Å². The molecule has 2 aromatic rings. The van der Waals surface area contributed by atoms with Gasteiger partial charge in [-0.3, -0.25) is 0 Å². The van der Waals surface area contributed by atoms with Crippen molar-refractivity contribution in [1.29, 1.82) is 0 Å². The van der Waals surface area contributed by atoms with Crippen LogP contribution in [0, 0.1) is 13.8 Å². The molecule has 0 atom stereocenters. The third kappa shape index (κ3) is 9.80. The van der Waals surface area contributed by atoms with Gasteiger partial charge in [0.1, 0.15) is 0 Å². The summed E-state index contributed by atoms with van der Waals surface area (Å²) in [5.74, 6) is -0.810. The van der Waals surface area contributed by atoms with Crippen molar-refractivity contribution in [3.8, 4) is 0 Å². The molecular formula is C32H37NO4. The van der Waals surface area contributed by atoms with Crippen molar-refractivity contribution in [3.05, 3.63) is 121 Å². The van der Waals surface area contributed by atoms with Gasteiger partial charge in [0.25, 0.3) is 0 Å². The van der Waals surface area contributed by atoms with E-state index in [0.29, 0.717) is 19.6 Å². The van der Waals surface area contributed by atoms with E-state index in [0.717, 1.165) is 36.0 Å². The molecular weight excluding hydrogens is 462 g/mol. The normalized spacial score (nSPS) is 11.5. The molecule has 2 rings (SSSR count). The summed E-state index contributed by atoms with van der Waals surface area (Å²) in [5, 5.41) is 0. The molecule has 5 nitrogen and oxygen atoms in total. The quantitative estimate of drug-likeness (QED) is 0.119. The minimum Gasteiger partial charge on any atom is -0.463 e. The summed E-state index contributed by atoms with van der Waals surface area (Å²) in [4.78, 5) is 24.6. The van der Waals surface area contributed by atoms with E-state index in [2.05, 4.69) is 80.4 Å². The molecule has 0 aliphatic rings. The third-order valence-corrected chi connectivity index (χ3v) is 5.66. The molecule has 0 saturated heterocycles. The first-order valence-electron chi connectivity index (χ1n) is 12.4. The summed E-state index contributed by atoms with van der Waals surface area (Å²) in [7, 11) is 0. The zero-order chi connectivity index (χ0) is 27.0. The Balaban J connectivity index is 2.28. The van der Waals surface area contributed by atoms with Gasteiger partial charge in [-0.05, 0) is 93.1 Å². The fraction of sp³-hybridized carbons (Fsp3) is 0.250. The number of carbonyl (C=O) groups is 2. The molecule has 0 radical (unpaired) electrons. The standard InChI is InChI=1S/C32H37NO4/c1-6-13-28(15-10-9-11-22-36-31(34)7-2)33(30-19-16-25(4)26(5)24-30)29-20-17-27(18-21-29)14-12-23-37-32(35)8-3/h6-10,13,15-21,24H,2-3,11-12,14,22-23H2,1,4-5H3/b10-9?,13-6-,28-15+. The van der Waals surface area contributed by atoms with Crippen LogP contribution in [0.1, 0.15) is 36.5 Å². The Morgan fingerprint density at radius 1 is 0.892 bits per heavy atom. The van der Waals surface area contributed by atoms with Crippen molar-refractivity contribution in [2.45, 2.75) is 40.0 Å². The van der Waals surface area contributed by atoms with E-state index >= 15 is 0 Å². The van der Waals surface area contributed by atoms with Crippen molar-refractivity contribution < 1.29 is 19.1 Å². The molecule has 37 heavy (non-hydrogen) atoms. The van der Waals surface area contributed by atoms with Crippen molar-refractivity contribution in [3.63, 3.8) is 0 Å². The first kappa shape index (κ1) is 29.1. The summed E-state index contributed by atoms with van der Waals surface area (Å²) in [6.07, 6.45) is 14.6. The second kappa shape index (κ2) is 15.8. The Kier molecular flexibility index (Phi) is 12.4. The lowest BCUT2D eigenvalue weighted by atomic mass is 10.1. The van der Waals surface area contributed by atoms with Crippen LogP contribution >= 0.6 is 0 Å².